The molecule has 0 spiro atoms. The van der Waals surface area contributed by atoms with Crippen molar-refractivity contribution in [1.82, 2.24) is 10.5 Å². The largest absolute Gasteiger partial charge is 0.573 e. The number of benzene rings is 2. The Morgan fingerprint density at radius 2 is 1.83 bits per heavy atom. The number of anilines is 1. The maximum atomic E-state index is 13.0. The Morgan fingerprint density at radius 1 is 1.10 bits per heavy atom. The van der Waals surface area contributed by atoms with Crippen LogP contribution in [0.3, 0.4) is 0 Å². The second-order valence-corrected chi connectivity index (χ2v) is 9.50. The van der Waals surface area contributed by atoms with E-state index in [2.05, 4.69) is 25.5 Å². The number of alkyl halides is 6. The van der Waals surface area contributed by atoms with Gasteiger partial charge in [-0.05, 0) is 56.0 Å². The Hall–Kier alpha value is -3.87. The predicted octanol–water partition coefficient (Wildman–Crippen LogP) is 8.09. The van der Waals surface area contributed by atoms with Crippen LogP contribution in [0.5, 0.6) is 5.75 Å². The summed E-state index contributed by atoms with van der Waals surface area (Å²) in [6, 6.07) is 8.64. The number of nitrogens with zero attached hydrogens (tertiary/aromatic N) is 2. The van der Waals surface area contributed by atoms with Gasteiger partial charge in [0.15, 0.2) is 0 Å². The van der Waals surface area contributed by atoms with Gasteiger partial charge >= 0.3 is 18.6 Å². The normalized spacial score (nSPS) is 15.1. The number of urea groups is 1. The number of halogens is 6. The van der Waals surface area contributed by atoms with Gasteiger partial charge in [-0.1, -0.05) is 37.2 Å². The smallest absolute Gasteiger partial charge is 0.405 e. The number of aromatic nitrogens is 1. The van der Waals surface area contributed by atoms with Crippen molar-refractivity contribution >= 4 is 17.4 Å². The van der Waals surface area contributed by atoms with Gasteiger partial charge in [0, 0.05) is 41.0 Å². The van der Waals surface area contributed by atoms with E-state index in [0.717, 1.165) is 25.0 Å². The highest BCUT2D eigenvalue weighted by Crippen LogP contribution is 2.45. The molecule has 2 N–H and O–H groups in total. The van der Waals surface area contributed by atoms with Crippen LogP contribution in [0.1, 0.15) is 62.3 Å². The van der Waals surface area contributed by atoms with E-state index in [1.165, 1.54) is 30.3 Å². The summed E-state index contributed by atoms with van der Waals surface area (Å²) >= 11 is 0. The van der Waals surface area contributed by atoms with Crippen LogP contribution in [-0.4, -0.2) is 29.3 Å². The number of para-hydroxylation sites is 1. The first-order chi connectivity index (χ1) is 19.4. The third-order valence-electron chi connectivity index (χ3n) is 6.52. The number of carbonyl (C=O) groups excluding carboxylic acids is 1. The van der Waals surface area contributed by atoms with Gasteiger partial charge in [0.05, 0.1) is 5.56 Å². The fourth-order valence-electron chi connectivity index (χ4n) is 4.43. The second kappa shape index (κ2) is 12.3. The van der Waals surface area contributed by atoms with Gasteiger partial charge in [-0.3, -0.25) is 0 Å². The monoisotopic (exact) mass is 582 g/mol. The molecule has 0 aliphatic heterocycles. The van der Waals surface area contributed by atoms with Crippen LogP contribution in [0.25, 0.3) is 11.3 Å². The third-order valence-corrected chi connectivity index (χ3v) is 6.52. The van der Waals surface area contributed by atoms with E-state index < -0.39 is 35.9 Å². The lowest BCUT2D eigenvalue weighted by Gasteiger charge is -2.19. The van der Waals surface area contributed by atoms with Crippen LogP contribution in [0.15, 0.2) is 58.0 Å². The minimum absolute atomic E-state index is 0.0482. The standard InChI is InChI=1S/C28H28F6N4O3/c1-3-21(22(4-2)37-26(39)36-18-9-7-8-17(14-18)27(29,30)31)35-15-20-24(38-41-25(20)16-12-13-16)19-10-5-6-11-23(19)40-28(32,33)34/h5-11,14,16,21,35H,3-4,12-13,15H2,1-2H3,(H,36,39)/b37-22+. The molecule has 4 rings (SSSR count). The average molecular weight is 583 g/mol. The molecule has 1 unspecified atom stereocenters. The lowest BCUT2D eigenvalue weighted by Crippen LogP contribution is -2.36. The first-order valence-corrected chi connectivity index (χ1v) is 13.0. The zero-order valence-corrected chi connectivity index (χ0v) is 22.2. The number of ether oxygens (including phenoxy) is 1. The minimum Gasteiger partial charge on any atom is -0.405 e. The van der Waals surface area contributed by atoms with Gasteiger partial charge in [0.25, 0.3) is 0 Å². The molecule has 0 radical (unpaired) electrons. The van der Waals surface area contributed by atoms with Crippen LogP contribution < -0.4 is 15.4 Å². The Morgan fingerprint density at radius 3 is 2.46 bits per heavy atom. The van der Waals surface area contributed by atoms with Gasteiger partial charge in [-0.2, -0.15) is 13.2 Å². The summed E-state index contributed by atoms with van der Waals surface area (Å²) in [4.78, 5) is 16.7. The van der Waals surface area contributed by atoms with Crippen LogP contribution in [0.4, 0.5) is 36.8 Å². The average Bonchev–Trinajstić information content (AvgIpc) is 3.67. The number of amides is 2. The van der Waals surface area contributed by atoms with Gasteiger partial charge in [0.1, 0.15) is 17.2 Å². The lowest BCUT2D eigenvalue weighted by molar-refractivity contribution is -0.274. The molecule has 1 saturated carbocycles. The maximum absolute atomic E-state index is 13.0. The van der Waals surface area contributed by atoms with E-state index in [0.29, 0.717) is 29.9 Å². The number of aliphatic imine (C=N–C) groups is 1. The summed E-state index contributed by atoms with van der Waals surface area (Å²) in [6.07, 6.45) is -6.89. The molecule has 220 valence electrons. The van der Waals surface area contributed by atoms with E-state index in [-0.39, 0.29) is 29.4 Å². The molecule has 2 amide bonds. The molecule has 3 aromatic rings. The van der Waals surface area contributed by atoms with Gasteiger partial charge < -0.3 is 19.9 Å². The molecule has 1 aliphatic rings. The van der Waals surface area contributed by atoms with E-state index in [1.54, 1.807) is 13.0 Å². The Balaban J connectivity index is 1.54. The van der Waals surface area contributed by atoms with E-state index in [1.807, 2.05) is 6.92 Å². The van der Waals surface area contributed by atoms with Gasteiger partial charge in [-0.15, -0.1) is 13.2 Å². The van der Waals surface area contributed by atoms with E-state index >= 15 is 0 Å². The highest BCUT2D eigenvalue weighted by molar-refractivity contribution is 6.02. The van der Waals surface area contributed by atoms with Crippen LogP contribution in [0, 0.1) is 0 Å². The molecule has 1 aliphatic carbocycles. The third kappa shape index (κ3) is 7.87. The second-order valence-electron chi connectivity index (χ2n) is 9.50. The minimum atomic E-state index is -4.90. The van der Waals surface area contributed by atoms with Crippen molar-refractivity contribution in [2.45, 2.75) is 70.6 Å². The molecule has 1 fully saturated rings. The molecule has 7 nitrogen and oxygen atoms in total. The SMILES string of the molecule is CC/C(=N\C(=O)Nc1cccc(C(F)(F)F)c1)C(CC)NCc1c(-c2ccccc2OC(F)(F)F)noc1C1CC1. The molecular weight excluding hydrogens is 554 g/mol. The van der Waals surface area contributed by atoms with Crippen molar-refractivity contribution in [3.8, 4) is 17.0 Å². The van der Waals surface area contributed by atoms with Crippen molar-refractivity contribution < 1.29 is 40.4 Å². The topological polar surface area (TPSA) is 88.8 Å². The van der Waals surface area contributed by atoms with Crippen molar-refractivity contribution in [1.29, 1.82) is 0 Å². The van der Waals surface area contributed by atoms with E-state index in [4.69, 9.17) is 4.52 Å². The molecule has 2 aromatic carbocycles. The molecular formula is C28H28F6N4O3. The molecule has 1 aromatic heterocycles. The Bertz CT molecular complexity index is 1400. The fourth-order valence-corrected chi connectivity index (χ4v) is 4.43. The molecule has 1 atom stereocenters. The summed E-state index contributed by atoms with van der Waals surface area (Å²) in [5.74, 6) is 0.258. The van der Waals surface area contributed by atoms with Crippen molar-refractivity contribution in [3.63, 3.8) is 0 Å². The van der Waals surface area contributed by atoms with Crippen LogP contribution in [-0.2, 0) is 12.7 Å². The highest BCUT2D eigenvalue weighted by Gasteiger charge is 2.36. The van der Waals surface area contributed by atoms with Gasteiger partial charge in [-0.25, -0.2) is 9.79 Å². The molecule has 41 heavy (non-hydrogen) atoms. The number of hydrogen-bond donors (Lipinski definition) is 2. The molecule has 13 heteroatoms. The summed E-state index contributed by atoms with van der Waals surface area (Å²) < 4.78 is 88.0. The zero-order chi connectivity index (χ0) is 29.8. The molecule has 0 bridgehead atoms. The summed E-state index contributed by atoms with van der Waals surface area (Å²) in [5.41, 5.74) is 0.410. The Labute approximate surface area is 232 Å². The first-order valence-electron chi connectivity index (χ1n) is 13.0. The summed E-state index contributed by atoms with van der Waals surface area (Å²) in [5, 5.41) is 9.76. The van der Waals surface area contributed by atoms with Gasteiger partial charge in [0.2, 0.25) is 0 Å². The lowest BCUT2D eigenvalue weighted by atomic mass is 10.0. The maximum Gasteiger partial charge on any atom is 0.573 e. The highest BCUT2D eigenvalue weighted by atomic mass is 19.4. The van der Waals surface area contributed by atoms with Crippen LogP contribution >= 0.6 is 0 Å². The first kappa shape index (κ1) is 30.1. The van der Waals surface area contributed by atoms with E-state index in [9.17, 15) is 31.1 Å². The van der Waals surface area contributed by atoms with Crippen LogP contribution in [0.2, 0.25) is 0 Å². The van der Waals surface area contributed by atoms with Crippen molar-refractivity contribution in [2.24, 2.45) is 4.99 Å². The predicted molar refractivity (Wildman–Crippen MR) is 140 cm³/mol. The summed E-state index contributed by atoms with van der Waals surface area (Å²) in [6.45, 7) is 3.79. The Kier molecular flexibility index (Phi) is 9.05. The molecule has 0 saturated heterocycles. The number of carbonyl (C=O) groups is 1. The molecule has 1 heterocycles. The van der Waals surface area contributed by atoms with Crippen molar-refractivity contribution in [3.05, 3.63) is 65.4 Å². The zero-order valence-electron chi connectivity index (χ0n) is 22.2. The quantitative estimate of drug-likeness (QED) is 0.186. The number of nitrogens with one attached hydrogen (secondary N) is 2. The van der Waals surface area contributed by atoms with Crippen molar-refractivity contribution in [2.75, 3.05) is 5.32 Å². The fraction of sp³-hybridized carbons (Fsp3) is 0.393. The summed E-state index contributed by atoms with van der Waals surface area (Å²) in [7, 11) is 0. The number of rotatable bonds is 10. The number of hydrogen-bond acceptors (Lipinski definition) is 5.